The van der Waals surface area contributed by atoms with Crippen molar-refractivity contribution in [1.82, 2.24) is 9.13 Å². The molecule has 106 valence electrons. The van der Waals surface area contributed by atoms with Crippen LogP contribution in [0.3, 0.4) is 0 Å². The predicted molar refractivity (Wildman–Crippen MR) is 82.9 cm³/mol. The van der Waals surface area contributed by atoms with Gasteiger partial charge >= 0.3 is 5.69 Å². The maximum Gasteiger partial charge on any atom is 0.331 e. The number of thioether (sulfide) groups is 1. The summed E-state index contributed by atoms with van der Waals surface area (Å²) in [5, 5.41) is 1.74. The Balaban J connectivity index is 2.28. The van der Waals surface area contributed by atoms with Crippen molar-refractivity contribution in [1.29, 1.82) is 0 Å². The molecule has 0 bridgehead atoms. The van der Waals surface area contributed by atoms with Gasteiger partial charge in [0.25, 0.3) is 5.56 Å². The highest BCUT2D eigenvalue weighted by atomic mass is 35.5. The largest absolute Gasteiger partial charge is 0.331 e. The van der Waals surface area contributed by atoms with Gasteiger partial charge in [0.05, 0.1) is 5.03 Å². The van der Waals surface area contributed by atoms with E-state index in [4.69, 9.17) is 23.2 Å². The average Bonchev–Trinajstić information content (AvgIpc) is 2.40. The number of halogens is 2. The van der Waals surface area contributed by atoms with E-state index in [-0.39, 0.29) is 11.2 Å². The van der Waals surface area contributed by atoms with Crippen LogP contribution in [0.5, 0.6) is 0 Å². The summed E-state index contributed by atoms with van der Waals surface area (Å²) in [7, 11) is 3.09. The Labute approximate surface area is 129 Å². The number of nitrogens with zero attached hydrogens (tertiary/aromatic N) is 2. The second-order valence-electron chi connectivity index (χ2n) is 4.25. The third-order valence-electron chi connectivity index (χ3n) is 2.87. The van der Waals surface area contributed by atoms with Crippen LogP contribution in [-0.2, 0) is 19.8 Å². The average molecular weight is 331 g/mol. The molecule has 0 fully saturated rings. The van der Waals surface area contributed by atoms with E-state index in [2.05, 4.69) is 0 Å². The third-order valence-corrected chi connectivity index (χ3v) is 4.60. The lowest BCUT2D eigenvalue weighted by Crippen LogP contribution is -2.36. The summed E-state index contributed by atoms with van der Waals surface area (Å²) in [6.07, 6.45) is 0. The Morgan fingerprint density at radius 2 is 1.80 bits per heavy atom. The SMILES string of the molecule is Cn1c(SCc2ccc(Cl)cc2Cl)cc(=O)n(C)c1=O. The van der Waals surface area contributed by atoms with E-state index in [1.807, 2.05) is 6.07 Å². The summed E-state index contributed by atoms with van der Waals surface area (Å²) in [6.45, 7) is 0. The van der Waals surface area contributed by atoms with Crippen LogP contribution in [-0.4, -0.2) is 9.13 Å². The van der Waals surface area contributed by atoms with Gasteiger partial charge in [-0.1, -0.05) is 29.3 Å². The maximum absolute atomic E-state index is 11.8. The summed E-state index contributed by atoms with van der Waals surface area (Å²) in [5.74, 6) is 0.552. The van der Waals surface area contributed by atoms with Gasteiger partial charge in [-0.05, 0) is 17.7 Å². The summed E-state index contributed by atoms with van der Waals surface area (Å²) in [5.41, 5.74) is 0.231. The Morgan fingerprint density at radius 1 is 1.10 bits per heavy atom. The fourth-order valence-corrected chi connectivity index (χ4v) is 3.21. The summed E-state index contributed by atoms with van der Waals surface area (Å²) in [4.78, 5) is 23.4. The molecule has 0 atom stereocenters. The van der Waals surface area contributed by atoms with Gasteiger partial charge in [-0.3, -0.25) is 13.9 Å². The Kier molecular flexibility index (Phi) is 4.62. The zero-order chi connectivity index (χ0) is 14.9. The quantitative estimate of drug-likeness (QED) is 0.642. The third kappa shape index (κ3) is 3.11. The lowest BCUT2D eigenvalue weighted by atomic mass is 10.2. The van der Waals surface area contributed by atoms with Crippen LogP contribution in [0.4, 0.5) is 0 Å². The molecule has 0 saturated heterocycles. The first-order chi connectivity index (χ1) is 9.40. The molecule has 0 aliphatic rings. The molecule has 20 heavy (non-hydrogen) atoms. The highest BCUT2D eigenvalue weighted by Crippen LogP contribution is 2.27. The number of rotatable bonds is 3. The predicted octanol–water partition coefficient (Wildman–Crippen LogP) is 2.68. The van der Waals surface area contributed by atoms with Crippen molar-refractivity contribution in [2.24, 2.45) is 14.1 Å². The maximum atomic E-state index is 11.8. The number of benzene rings is 1. The van der Waals surface area contributed by atoms with Gasteiger partial charge in [-0.25, -0.2) is 4.79 Å². The van der Waals surface area contributed by atoms with Crippen molar-refractivity contribution >= 4 is 35.0 Å². The monoisotopic (exact) mass is 330 g/mol. The molecule has 0 spiro atoms. The summed E-state index contributed by atoms with van der Waals surface area (Å²) < 4.78 is 2.51. The van der Waals surface area contributed by atoms with E-state index in [1.165, 1.54) is 29.4 Å². The number of aromatic nitrogens is 2. The van der Waals surface area contributed by atoms with Gasteiger partial charge in [0.15, 0.2) is 0 Å². The second kappa shape index (κ2) is 6.08. The van der Waals surface area contributed by atoms with Gasteiger partial charge in [0.2, 0.25) is 0 Å². The Morgan fingerprint density at radius 3 is 2.45 bits per heavy atom. The van der Waals surface area contributed by atoms with Crippen LogP contribution in [0.2, 0.25) is 10.0 Å². The molecule has 1 aromatic heterocycles. The van der Waals surface area contributed by atoms with Crippen molar-refractivity contribution in [2.75, 3.05) is 0 Å². The van der Waals surface area contributed by atoms with E-state index in [1.54, 1.807) is 19.2 Å². The lowest BCUT2D eigenvalue weighted by molar-refractivity contribution is 0.636. The molecule has 0 radical (unpaired) electrons. The molecular weight excluding hydrogens is 319 g/mol. The molecule has 1 heterocycles. The van der Waals surface area contributed by atoms with Crippen LogP contribution >= 0.6 is 35.0 Å². The molecule has 0 saturated carbocycles. The minimum absolute atomic E-state index is 0.321. The van der Waals surface area contributed by atoms with Gasteiger partial charge < -0.3 is 0 Å². The van der Waals surface area contributed by atoms with Crippen LogP contribution in [0, 0.1) is 0 Å². The van der Waals surface area contributed by atoms with Crippen molar-refractivity contribution in [3.8, 4) is 0 Å². The molecule has 2 aromatic rings. The lowest BCUT2D eigenvalue weighted by Gasteiger charge is -2.09. The van der Waals surface area contributed by atoms with Crippen LogP contribution in [0.15, 0.2) is 38.9 Å². The topological polar surface area (TPSA) is 44.0 Å². The van der Waals surface area contributed by atoms with Crippen molar-refractivity contribution in [2.45, 2.75) is 10.8 Å². The highest BCUT2D eigenvalue weighted by Gasteiger charge is 2.08. The van der Waals surface area contributed by atoms with Crippen molar-refractivity contribution < 1.29 is 0 Å². The first-order valence-corrected chi connectivity index (χ1v) is 7.48. The molecule has 4 nitrogen and oxygen atoms in total. The van der Waals surface area contributed by atoms with Crippen molar-refractivity contribution in [3.63, 3.8) is 0 Å². The molecule has 0 amide bonds. The molecular formula is C13H12Cl2N2O2S. The Hall–Kier alpha value is -1.17. The highest BCUT2D eigenvalue weighted by molar-refractivity contribution is 7.98. The van der Waals surface area contributed by atoms with E-state index < -0.39 is 0 Å². The molecule has 0 N–H and O–H groups in total. The minimum Gasteiger partial charge on any atom is -0.291 e. The zero-order valence-electron chi connectivity index (χ0n) is 10.9. The zero-order valence-corrected chi connectivity index (χ0v) is 13.2. The standard InChI is InChI=1S/C13H12Cl2N2O2S/c1-16-11(18)6-12(17(2)13(16)19)20-7-8-3-4-9(14)5-10(8)15/h3-6H,7H2,1-2H3. The fraction of sp³-hybridized carbons (Fsp3) is 0.231. The fourth-order valence-electron chi connectivity index (χ4n) is 1.64. The number of hydrogen-bond acceptors (Lipinski definition) is 3. The normalized spacial score (nSPS) is 10.8. The first-order valence-electron chi connectivity index (χ1n) is 5.74. The van der Waals surface area contributed by atoms with Crippen LogP contribution < -0.4 is 11.2 Å². The summed E-state index contributed by atoms with van der Waals surface area (Å²) in [6, 6.07) is 6.70. The van der Waals surface area contributed by atoms with Crippen LogP contribution in [0.25, 0.3) is 0 Å². The van der Waals surface area contributed by atoms with Gasteiger partial charge in [0.1, 0.15) is 0 Å². The van der Waals surface area contributed by atoms with Crippen LogP contribution in [0.1, 0.15) is 5.56 Å². The second-order valence-corrected chi connectivity index (χ2v) is 6.09. The van der Waals surface area contributed by atoms with Gasteiger partial charge in [-0.2, -0.15) is 0 Å². The van der Waals surface area contributed by atoms with Gasteiger partial charge in [-0.15, -0.1) is 11.8 Å². The number of hydrogen-bond donors (Lipinski definition) is 0. The van der Waals surface area contributed by atoms with Gasteiger partial charge in [0, 0.05) is 36.0 Å². The van der Waals surface area contributed by atoms with Crippen molar-refractivity contribution in [3.05, 3.63) is 60.7 Å². The molecule has 0 aliphatic carbocycles. The summed E-state index contributed by atoms with van der Waals surface area (Å²) >= 11 is 13.3. The molecule has 0 unspecified atom stereocenters. The molecule has 0 aliphatic heterocycles. The molecule has 7 heteroatoms. The molecule has 2 rings (SSSR count). The minimum atomic E-state index is -0.345. The first kappa shape index (κ1) is 15.2. The molecule has 1 aromatic carbocycles. The van der Waals surface area contributed by atoms with E-state index in [0.29, 0.717) is 20.8 Å². The van der Waals surface area contributed by atoms with E-state index in [9.17, 15) is 9.59 Å². The Bertz CT molecular complexity index is 768. The van der Waals surface area contributed by atoms with E-state index >= 15 is 0 Å². The smallest absolute Gasteiger partial charge is 0.291 e. The van der Waals surface area contributed by atoms with E-state index in [0.717, 1.165) is 10.1 Å².